The largest absolute Gasteiger partial charge is 0.342 e. The molecule has 0 amide bonds. The lowest BCUT2D eigenvalue weighted by atomic mass is 10.1. The standard InChI is InChI=1S/C13H29O3PS/c1-3-4-5-6-7-8-9-10-11-12-13-15-17(14)16-18-2/h14H,3-13H2,1-2H3. The van der Waals surface area contributed by atoms with Crippen molar-refractivity contribution in [1.29, 1.82) is 0 Å². The highest BCUT2D eigenvalue weighted by molar-refractivity contribution is 7.96. The summed E-state index contributed by atoms with van der Waals surface area (Å²) in [4.78, 5) is 9.19. The molecule has 0 aliphatic rings. The van der Waals surface area contributed by atoms with Gasteiger partial charge in [0.25, 0.3) is 0 Å². The van der Waals surface area contributed by atoms with Crippen LogP contribution in [0.1, 0.15) is 71.1 Å². The second-order valence-electron chi connectivity index (χ2n) is 4.49. The molecular formula is C13H29O3PS. The average Bonchev–Trinajstić information content (AvgIpc) is 2.36. The van der Waals surface area contributed by atoms with Gasteiger partial charge in [0, 0.05) is 6.26 Å². The smallest absolute Gasteiger partial charge is 0.327 e. The molecule has 3 nitrogen and oxygen atoms in total. The third-order valence-electron chi connectivity index (χ3n) is 2.84. The molecule has 0 aliphatic heterocycles. The lowest BCUT2D eigenvalue weighted by Crippen LogP contribution is -1.90. The SMILES string of the molecule is CCCCCCCCCCCCOP(O)OSC. The van der Waals surface area contributed by atoms with Crippen LogP contribution >= 0.6 is 20.6 Å². The van der Waals surface area contributed by atoms with Crippen molar-refractivity contribution in [1.82, 2.24) is 0 Å². The maximum Gasteiger partial charge on any atom is 0.342 e. The molecule has 0 fully saturated rings. The van der Waals surface area contributed by atoms with Crippen LogP contribution in [0.4, 0.5) is 0 Å². The molecule has 0 saturated carbocycles. The van der Waals surface area contributed by atoms with Gasteiger partial charge in [-0.3, -0.25) is 0 Å². The fourth-order valence-corrected chi connectivity index (χ4v) is 2.78. The molecule has 0 spiro atoms. The Morgan fingerprint density at radius 2 is 1.39 bits per heavy atom. The van der Waals surface area contributed by atoms with E-state index < -0.39 is 8.60 Å². The van der Waals surface area contributed by atoms with Gasteiger partial charge in [-0.1, -0.05) is 64.7 Å². The van der Waals surface area contributed by atoms with Crippen LogP contribution in [-0.4, -0.2) is 17.8 Å². The predicted octanol–water partition coefficient (Wildman–Crippen LogP) is 5.44. The van der Waals surface area contributed by atoms with Crippen LogP contribution in [-0.2, 0) is 8.49 Å². The van der Waals surface area contributed by atoms with Gasteiger partial charge in [-0.15, -0.1) is 0 Å². The molecule has 0 aromatic heterocycles. The molecule has 0 aliphatic carbocycles. The first kappa shape index (κ1) is 18.7. The van der Waals surface area contributed by atoms with Crippen LogP contribution < -0.4 is 0 Å². The number of hydrogen-bond acceptors (Lipinski definition) is 4. The van der Waals surface area contributed by atoms with E-state index in [0.29, 0.717) is 6.61 Å². The highest BCUT2D eigenvalue weighted by atomic mass is 32.2. The van der Waals surface area contributed by atoms with Gasteiger partial charge in [0.2, 0.25) is 0 Å². The third kappa shape index (κ3) is 14.7. The Balaban J connectivity index is 2.98. The van der Waals surface area contributed by atoms with Crippen LogP contribution in [0.25, 0.3) is 0 Å². The second kappa shape index (κ2) is 15.7. The molecule has 0 heterocycles. The van der Waals surface area contributed by atoms with E-state index in [-0.39, 0.29) is 0 Å². The van der Waals surface area contributed by atoms with Crippen molar-refractivity contribution in [3.05, 3.63) is 0 Å². The molecule has 0 rings (SSSR count). The quantitative estimate of drug-likeness (QED) is 0.263. The van der Waals surface area contributed by atoms with Gasteiger partial charge < -0.3 is 9.42 Å². The summed E-state index contributed by atoms with van der Waals surface area (Å²) in [5.74, 6) is 0. The molecule has 0 radical (unpaired) electrons. The summed E-state index contributed by atoms with van der Waals surface area (Å²) in [6.45, 7) is 2.86. The minimum atomic E-state index is -1.65. The van der Waals surface area contributed by atoms with Crippen molar-refractivity contribution < 1.29 is 13.4 Å². The molecule has 1 N–H and O–H groups in total. The number of hydrogen-bond donors (Lipinski definition) is 1. The Kier molecular flexibility index (Phi) is 16.3. The first-order valence-electron chi connectivity index (χ1n) is 7.14. The monoisotopic (exact) mass is 296 g/mol. The topological polar surface area (TPSA) is 38.7 Å². The lowest BCUT2D eigenvalue weighted by Gasteiger charge is -2.07. The predicted molar refractivity (Wildman–Crippen MR) is 81.5 cm³/mol. The highest BCUT2D eigenvalue weighted by Crippen LogP contribution is 2.36. The van der Waals surface area contributed by atoms with Gasteiger partial charge in [-0.05, 0) is 18.5 Å². The summed E-state index contributed by atoms with van der Waals surface area (Å²) < 4.78 is 9.98. The van der Waals surface area contributed by atoms with Crippen molar-refractivity contribution in [3.8, 4) is 0 Å². The van der Waals surface area contributed by atoms with E-state index >= 15 is 0 Å². The van der Waals surface area contributed by atoms with Crippen LogP contribution in [0.3, 0.4) is 0 Å². The molecule has 1 unspecified atom stereocenters. The van der Waals surface area contributed by atoms with Gasteiger partial charge >= 0.3 is 8.60 Å². The van der Waals surface area contributed by atoms with Gasteiger partial charge in [0.05, 0.1) is 6.61 Å². The van der Waals surface area contributed by atoms with Crippen molar-refractivity contribution in [2.75, 3.05) is 12.9 Å². The maximum absolute atomic E-state index is 9.19. The van der Waals surface area contributed by atoms with E-state index in [9.17, 15) is 4.89 Å². The molecular weight excluding hydrogens is 267 g/mol. The third-order valence-corrected chi connectivity index (χ3v) is 4.35. The van der Waals surface area contributed by atoms with Gasteiger partial charge in [0.1, 0.15) is 0 Å². The first-order valence-corrected chi connectivity index (χ1v) is 9.42. The molecule has 1 atom stereocenters. The molecule has 5 heteroatoms. The van der Waals surface area contributed by atoms with E-state index in [4.69, 9.17) is 8.49 Å². The second-order valence-corrected chi connectivity index (χ2v) is 6.16. The number of rotatable bonds is 14. The molecule has 110 valence electrons. The van der Waals surface area contributed by atoms with Gasteiger partial charge in [-0.2, -0.15) is 0 Å². The van der Waals surface area contributed by atoms with Crippen LogP contribution in [0, 0.1) is 0 Å². The van der Waals surface area contributed by atoms with Crippen molar-refractivity contribution >= 4 is 20.6 Å². The highest BCUT2D eigenvalue weighted by Gasteiger charge is 2.04. The summed E-state index contributed by atoms with van der Waals surface area (Å²) in [6, 6.07) is 0. The van der Waals surface area contributed by atoms with Gasteiger partial charge in [-0.25, -0.2) is 3.97 Å². The van der Waals surface area contributed by atoms with E-state index in [0.717, 1.165) is 18.5 Å². The van der Waals surface area contributed by atoms with E-state index in [1.807, 2.05) is 0 Å². The minimum absolute atomic E-state index is 0.610. The zero-order chi connectivity index (χ0) is 13.5. The fourth-order valence-electron chi connectivity index (χ4n) is 1.82. The van der Waals surface area contributed by atoms with Gasteiger partial charge in [0.15, 0.2) is 0 Å². The molecule has 0 saturated heterocycles. The average molecular weight is 296 g/mol. The molecule has 0 bridgehead atoms. The summed E-state index contributed by atoms with van der Waals surface area (Å²) >= 11 is 1.15. The Morgan fingerprint density at radius 1 is 0.889 bits per heavy atom. The Hall–Kier alpha value is 0.660. The minimum Gasteiger partial charge on any atom is -0.327 e. The van der Waals surface area contributed by atoms with Crippen LogP contribution in [0.2, 0.25) is 0 Å². The summed E-state index contributed by atoms with van der Waals surface area (Å²) in [5, 5.41) is 0. The Labute approximate surface area is 118 Å². The van der Waals surface area contributed by atoms with E-state index in [2.05, 4.69) is 6.92 Å². The Bertz CT molecular complexity index is 161. The molecule has 0 aromatic carbocycles. The van der Waals surface area contributed by atoms with E-state index in [1.54, 1.807) is 6.26 Å². The fraction of sp³-hybridized carbons (Fsp3) is 1.00. The van der Waals surface area contributed by atoms with Crippen molar-refractivity contribution in [2.24, 2.45) is 0 Å². The zero-order valence-corrected chi connectivity index (χ0v) is 13.6. The Morgan fingerprint density at radius 3 is 1.89 bits per heavy atom. The van der Waals surface area contributed by atoms with Crippen molar-refractivity contribution in [2.45, 2.75) is 71.1 Å². The van der Waals surface area contributed by atoms with Crippen LogP contribution in [0.15, 0.2) is 0 Å². The maximum atomic E-state index is 9.19. The molecule has 18 heavy (non-hydrogen) atoms. The summed E-state index contributed by atoms with van der Waals surface area (Å²) in [5.41, 5.74) is 0. The first-order chi connectivity index (χ1) is 8.81. The van der Waals surface area contributed by atoms with Crippen molar-refractivity contribution in [3.63, 3.8) is 0 Å². The normalized spacial score (nSPS) is 12.8. The van der Waals surface area contributed by atoms with Crippen LogP contribution in [0.5, 0.6) is 0 Å². The number of unbranched alkanes of at least 4 members (excludes halogenated alkanes) is 9. The zero-order valence-electron chi connectivity index (χ0n) is 11.9. The summed E-state index contributed by atoms with van der Waals surface area (Å²) in [7, 11) is -1.65. The summed E-state index contributed by atoms with van der Waals surface area (Å²) in [6.07, 6.45) is 14.9. The van der Waals surface area contributed by atoms with E-state index in [1.165, 1.54) is 57.8 Å². The molecule has 0 aromatic rings. The lowest BCUT2D eigenvalue weighted by molar-refractivity contribution is 0.261.